The minimum Gasteiger partial charge on any atom is -0.467 e. The van der Waals surface area contributed by atoms with E-state index in [1.165, 1.54) is 0 Å². The number of aliphatic hydroxyl groups excluding tert-OH is 1. The number of aromatic nitrogens is 1. The summed E-state index contributed by atoms with van der Waals surface area (Å²) in [5, 5.41) is 11.0. The molecule has 0 fully saturated rings. The number of furan rings is 1. The lowest BCUT2D eigenvalue weighted by Crippen LogP contribution is -2.42. The smallest absolute Gasteiger partial charge is 0.273 e. The Hall–Kier alpha value is -2.37. The Morgan fingerprint density at radius 2 is 2.12 bits per heavy atom. The highest BCUT2D eigenvalue weighted by Crippen LogP contribution is 2.23. The van der Waals surface area contributed by atoms with Crippen molar-refractivity contribution in [2.75, 3.05) is 6.61 Å². The fourth-order valence-electron chi connectivity index (χ4n) is 2.76. The zero-order chi connectivity index (χ0) is 17.8. The van der Waals surface area contributed by atoms with Gasteiger partial charge in [-0.15, -0.1) is 0 Å². The van der Waals surface area contributed by atoms with E-state index in [-0.39, 0.29) is 25.1 Å². The molecule has 0 aliphatic carbocycles. The Balaban J connectivity index is 1.97. The van der Waals surface area contributed by atoms with E-state index in [0.717, 1.165) is 5.39 Å². The Bertz CT molecular complexity index is 860. The van der Waals surface area contributed by atoms with E-state index in [9.17, 15) is 9.90 Å². The molecule has 130 valence electrons. The minimum absolute atomic E-state index is 0.128. The van der Waals surface area contributed by atoms with Crippen molar-refractivity contribution in [2.45, 2.75) is 25.9 Å². The van der Waals surface area contributed by atoms with E-state index in [1.807, 2.05) is 25.1 Å². The van der Waals surface area contributed by atoms with Crippen molar-refractivity contribution in [2.24, 2.45) is 0 Å². The van der Waals surface area contributed by atoms with Crippen LogP contribution in [0.1, 0.15) is 29.6 Å². The van der Waals surface area contributed by atoms with E-state index in [4.69, 9.17) is 16.0 Å². The van der Waals surface area contributed by atoms with Crippen LogP contribution in [-0.4, -0.2) is 33.5 Å². The number of rotatable bonds is 6. The van der Waals surface area contributed by atoms with E-state index < -0.39 is 0 Å². The molecule has 0 aliphatic rings. The van der Waals surface area contributed by atoms with Crippen molar-refractivity contribution in [3.63, 3.8) is 0 Å². The van der Waals surface area contributed by atoms with Crippen LogP contribution in [0.4, 0.5) is 0 Å². The maximum absolute atomic E-state index is 13.1. The van der Waals surface area contributed by atoms with Crippen LogP contribution in [0.5, 0.6) is 0 Å². The maximum atomic E-state index is 13.1. The van der Waals surface area contributed by atoms with Crippen LogP contribution in [0.2, 0.25) is 5.02 Å². The molecule has 1 unspecified atom stereocenters. The number of para-hydroxylation sites is 1. The Morgan fingerprint density at radius 3 is 2.80 bits per heavy atom. The van der Waals surface area contributed by atoms with Crippen molar-refractivity contribution in [1.29, 1.82) is 0 Å². The summed E-state index contributed by atoms with van der Waals surface area (Å²) in [5.41, 5.74) is 0.879. The van der Waals surface area contributed by atoms with Crippen LogP contribution in [0, 0.1) is 0 Å². The van der Waals surface area contributed by atoms with E-state index in [2.05, 4.69) is 4.98 Å². The average Bonchev–Trinajstić information content (AvgIpc) is 3.14. The molecule has 5 nitrogen and oxygen atoms in total. The fraction of sp³-hybridized carbons (Fsp3) is 0.263. The lowest BCUT2D eigenvalue weighted by molar-refractivity contribution is 0.0539. The minimum atomic E-state index is -0.318. The number of hydrogen-bond donors (Lipinski definition) is 1. The van der Waals surface area contributed by atoms with Gasteiger partial charge in [0.05, 0.1) is 36.0 Å². The van der Waals surface area contributed by atoms with Crippen LogP contribution < -0.4 is 0 Å². The number of amides is 1. The topological polar surface area (TPSA) is 66.6 Å². The molecular weight excluding hydrogens is 340 g/mol. The quantitative estimate of drug-likeness (QED) is 0.725. The molecule has 25 heavy (non-hydrogen) atoms. The predicted molar refractivity (Wildman–Crippen MR) is 96.5 cm³/mol. The first-order valence-corrected chi connectivity index (χ1v) is 8.51. The highest BCUT2D eigenvalue weighted by molar-refractivity contribution is 6.35. The lowest BCUT2D eigenvalue weighted by Gasteiger charge is -2.29. The van der Waals surface area contributed by atoms with E-state index in [0.29, 0.717) is 28.4 Å². The van der Waals surface area contributed by atoms with E-state index in [1.54, 1.807) is 35.4 Å². The van der Waals surface area contributed by atoms with E-state index >= 15 is 0 Å². The number of aliphatic hydroxyl groups is 1. The van der Waals surface area contributed by atoms with Gasteiger partial charge in [-0.2, -0.15) is 0 Å². The van der Waals surface area contributed by atoms with Crippen LogP contribution >= 0.6 is 11.6 Å². The lowest BCUT2D eigenvalue weighted by atomic mass is 10.1. The predicted octanol–water partition coefficient (Wildman–Crippen LogP) is 3.89. The Kier molecular flexibility index (Phi) is 5.36. The summed E-state index contributed by atoms with van der Waals surface area (Å²) in [7, 11) is 0. The van der Waals surface area contributed by atoms with Crippen molar-refractivity contribution in [3.05, 3.63) is 65.2 Å². The molecule has 3 rings (SSSR count). The third kappa shape index (κ3) is 3.67. The van der Waals surface area contributed by atoms with Crippen molar-refractivity contribution >= 4 is 28.4 Å². The largest absolute Gasteiger partial charge is 0.467 e. The molecule has 0 spiro atoms. The monoisotopic (exact) mass is 358 g/mol. The molecule has 0 bridgehead atoms. The molecule has 3 aromatic rings. The second kappa shape index (κ2) is 7.68. The first kappa shape index (κ1) is 17.5. The molecule has 0 saturated carbocycles. The number of halogens is 1. The molecule has 6 heteroatoms. The van der Waals surface area contributed by atoms with Crippen molar-refractivity contribution < 1.29 is 14.3 Å². The van der Waals surface area contributed by atoms with Crippen LogP contribution in [-0.2, 0) is 6.54 Å². The maximum Gasteiger partial charge on any atom is 0.273 e. The van der Waals surface area contributed by atoms with Gasteiger partial charge < -0.3 is 14.4 Å². The van der Waals surface area contributed by atoms with Gasteiger partial charge in [0, 0.05) is 5.39 Å². The zero-order valence-electron chi connectivity index (χ0n) is 13.9. The Morgan fingerprint density at radius 1 is 1.28 bits per heavy atom. The summed E-state index contributed by atoms with van der Waals surface area (Å²) in [4.78, 5) is 19.1. The van der Waals surface area contributed by atoms with Gasteiger partial charge >= 0.3 is 0 Å². The third-order valence-electron chi connectivity index (χ3n) is 4.18. The number of pyridine rings is 1. The van der Waals surface area contributed by atoms with Gasteiger partial charge in [0.15, 0.2) is 0 Å². The summed E-state index contributed by atoms with van der Waals surface area (Å²) >= 11 is 6.20. The summed E-state index contributed by atoms with van der Waals surface area (Å²) in [6.07, 6.45) is 2.18. The van der Waals surface area contributed by atoms with Crippen molar-refractivity contribution in [1.82, 2.24) is 9.88 Å². The summed E-state index contributed by atoms with van der Waals surface area (Å²) in [6, 6.07) is 12.2. The van der Waals surface area contributed by atoms with Gasteiger partial charge in [-0.05, 0) is 30.7 Å². The van der Waals surface area contributed by atoms with Crippen LogP contribution in [0.15, 0.2) is 53.1 Å². The SMILES string of the molecule is CCC(CO)N(Cc1ccco1)C(=O)c1ccc2cccc(Cl)c2n1. The number of carbonyl (C=O) groups is 1. The molecule has 0 saturated heterocycles. The number of hydrogen-bond acceptors (Lipinski definition) is 4. The molecule has 1 N–H and O–H groups in total. The van der Waals surface area contributed by atoms with Gasteiger partial charge in [0.25, 0.3) is 5.91 Å². The second-order valence-corrected chi connectivity index (χ2v) is 6.17. The van der Waals surface area contributed by atoms with Gasteiger partial charge in [0.2, 0.25) is 0 Å². The van der Waals surface area contributed by atoms with Crippen molar-refractivity contribution in [3.8, 4) is 0 Å². The summed E-state index contributed by atoms with van der Waals surface area (Å²) in [5.74, 6) is 0.387. The number of fused-ring (bicyclic) bond motifs is 1. The highest BCUT2D eigenvalue weighted by Gasteiger charge is 2.25. The fourth-order valence-corrected chi connectivity index (χ4v) is 2.99. The Labute approximate surface area is 150 Å². The molecule has 1 amide bonds. The number of benzene rings is 1. The van der Waals surface area contributed by atoms with Crippen LogP contribution in [0.3, 0.4) is 0 Å². The molecule has 0 aliphatic heterocycles. The molecule has 2 heterocycles. The van der Waals surface area contributed by atoms with Gasteiger partial charge in [0.1, 0.15) is 11.5 Å². The molecular formula is C19H19ClN2O3. The summed E-state index contributed by atoms with van der Waals surface area (Å²) < 4.78 is 5.36. The molecule has 2 aromatic heterocycles. The highest BCUT2D eigenvalue weighted by atomic mass is 35.5. The van der Waals surface area contributed by atoms with Crippen LogP contribution in [0.25, 0.3) is 10.9 Å². The number of carbonyl (C=O) groups excluding carboxylic acids is 1. The second-order valence-electron chi connectivity index (χ2n) is 5.77. The standard InChI is InChI=1S/C19H19ClN2O3/c1-2-14(12-23)22(11-15-6-4-10-25-15)19(24)17-9-8-13-5-3-7-16(20)18(13)21-17/h3-10,14,23H,2,11-12H2,1H3. The normalized spacial score (nSPS) is 12.3. The van der Waals surface area contributed by atoms with Gasteiger partial charge in [-0.1, -0.05) is 36.7 Å². The summed E-state index contributed by atoms with van der Waals surface area (Å²) in [6.45, 7) is 2.07. The third-order valence-corrected chi connectivity index (χ3v) is 4.49. The molecule has 1 atom stereocenters. The number of nitrogens with zero attached hydrogens (tertiary/aromatic N) is 2. The first-order chi connectivity index (χ1) is 12.1. The molecule has 1 aromatic carbocycles. The first-order valence-electron chi connectivity index (χ1n) is 8.13. The van der Waals surface area contributed by atoms with Gasteiger partial charge in [-0.25, -0.2) is 4.98 Å². The zero-order valence-corrected chi connectivity index (χ0v) is 14.6. The van der Waals surface area contributed by atoms with Gasteiger partial charge in [-0.3, -0.25) is 4.79 Å². The molecule has 0 radical (unpaired) electrons. The average molecular weight is 359 g/mol.